The fraction of sp³-hybridized carbons (Fsp3) is 0.417. The Morgan fingerprint density at radius 3 is 2.19 bits per heavy atom. The molecule has 1 aromatic carbocycles. The minimum Gasteiger partial charge on any atom is -0.508 e. The third-order valence-electron chi connectivity index (χ3n) is 2.02. The van der Waals surface area contributed by atoms with Crippen LogP contribution < -0.4 is 5.32 Å². The highest BCUT2D eigenvalue weighted by Crippen LogP contribution is 2.11. The van der Waals surface area contributed by atoms with E-state index in [-0.39, 0.29) is 5.75 Å². The van der Waals surface area contributed by atoms with E-state index in [1.165, 1.54) is 0 Å². The highest BCUT2D eigenvalue weighted by Gasteiger charge is 2.14. The van der Waals surface area contributed by atoms with Crippen molar-refractivity contribution in [3.63, 3.8) is 0 Å². The number of hydrogen-bond donors (Lipinski definition) is 3. The first-order valence-electron chi connectivity index (χ1n) is 5.31. The Bertz CT molecular complexity index is 309. The van der Waals surface area contributed by atoms with E-state index in [0.717, 1.165) is 5.56 Å². The number of likely N-dealkylation sites (N-methyl/N-ethyl adjacent to an activating group) is 1. The first-order valence-corrected chi connectivity index (χ1v) is 5.31. The molecule has 0 radical (unpaired) electrons. The van der Waals surface area contributed by atoms with Gasteiger partial charge in [-0.1, -0.05) is 26.0 Å². The normalized spacial score (nSPS) is 11.2. The van der Waals surface area contributed by atoms with E-state index in [2.05, 4.69) is 5.32 Å². The van der Waals surface area contributed by atoms with Crippen molar-refractivity contribution in [3.05, 3.63) is 29.8 Å². The highest BCUT2D eigenvalue weighted by atomic mass is 16.4. The largest absolute Gasteiger partial charge is 0.508 e. The second kappa shape index (κ2) is 7.70. The lowest BCUT2D eigenvalue weighted by atomic mass is 10.1. The molecule has 0 saturated heterocycles. The smallest absolute Gasteiger partial charge is 0.321 e. The molecule has 0 heterocycles. The van der Waals surface area contributed by atoms with Gasteiger partial charge in [0.2, 0.25) is 0 Å². The van der Waals surface area contributed by atoms with Crippen LogP contribution in [0.15, 0.2) is 24.3 Å². The molecule has 0 saturated carbocycles. The van der Waals surface area contributed by atoms with Crippen molar-refractivity contribution >= 4 is 5.97 Å². The molecule has 4 heteroatoms. The molecule has 0 amide bonds. The van der Waals surface area contributed by atoms with Crippen molar-refractivity contribution in [3.8, 4) is 5.75 Å². The van der Waals surface area contributed by atoms with E-state index >= 15 is 0 Å². The van der Waals surface area contributed by atoms with Gasteiger partial charge in [0.25, 0.3) is 0 Å². The third-order valence-corrected chi connectivity index (χ3v) is 2.02. The number of nitrogens with one attached hydrogen (secondary N) is 1. The van der Waals surface area contributed by atoms with Crippen molar-refractivity contribution < 1.29 is 15.0 Å². The van der Waals surface area contributed by atoms with Crippen LogP contribution in [0.25, 0.3) is 0 Å². The van der Waals surface area contributed by atoms with Gasteiger partial charge in [0.05, 0.1) is 0 Å². The van der Waals surface area contributed by atoms with Gasteiger partial charge >= 0.3 is 5.97 Å². The molecule has 0 unspecified atom stereocenters. The van der Waals surface area contributed by atoms with Crippen LogP contribution in [0.2, 0.25) is 0 Å². The molecule has 0 aliphatic carbocycles. The molecule has 0 aromatic heterocycles. The summed E-state index contributed by atoms with van der Waals surface area (Å²) >= 11 is 0. The molecule has 0 aliphatic rings. The maximum Gasteiger partial charge on any atom is 0.321 e. The van der Waals surface area contributed by atoms with Crippen molar-refractivity contribution in [1.29, 1.82) is 0 Å². The van der Waals surface area contributed by atoms with Crippen molar-refractivity contribution in [2.75, 3.05) is 7.05 Å². The van der Waals surface area contributed by atoms with Crippen molar-refractivity contribution in [2.45, 2.75) is 26.3 Å². The lowest BCUT2D eigenvalue weighted by Gasteiger charge is -2.10. The summed E-state index contributed by atoms with van der Waals surface area (Å²) in [5.41, 5.74) is 0.879. The Labute approximate surface area is 95.9 Å². The Hall–Kier alpha value is -1.55. The molecule has 16 heavy (non-hydrogen) atoms. The first kappa shape index (κ1) is 14.5. The van der Waals surface area contributed by atoms with Gasteiger partial charge in [0, 0.05) is 0 Å². The Morgan fingerprint density at radius 2 is 1.81 bits per heavy atom. The number of aliphatic carboxylic acids is 1. The zero-order valence-corrected chi connectivity index (χ0v) is 9.90. The van der Waals surface area contributed by atoms with E-state index in [1.807, 2.05) is 13.8 Å². The van der Waals surface area contributed by atoms with Gasteiger partial charge in [0.15, 0.2) is 0 Å². The van der Waals surface area contributed by atoms with Crippen LogP contribution in [-0.2, 0) is 11.2 Å². The zero-order valence-electron chi connectivity index (χ0n) is 9.90. The Kier molecular flexibility index (Phi) is 6.96. The van der Waals surface area contributed by atoms with E-state index in [4.69, 9.17) is 10.2 Å². The number of rotatable bonds is 4. The number of phenolic OH excluding ortho intramolecular Hbond substituents is 1. The van der Waals surface area contributed by atoms with Crippen LogP contribution in [0, 0.1) is 0 Å². The minimum atomic E-state index is -0.874. The highest BCUT2D eigenvalue weighted by molar-refractivity contribution is 5.73. The summed E-state index contributed by atoms with van der Waals surface area (Å²) in [5.74, 6) is -0.689. The van der Waals surface area contributed by atoms with Crippen LogP contribution in [0.5, 0.6) is 5.75 Å². The van der Waals surface area contributed by atoms with Crippen molar-refractivity contribution in [2.24, 2.45) is 0 Å². The van der Waals surface area contributed by atoms with Crippen LogP contribution in [0.4, 0.5) is 0 Å². The topological polar surface area (TPSA) is 69.6 Å². The van der Waals surface area contributed by atoms with Crippen molar-refractivity contribution in [1.82, 2.24) is 5.32 Å². The van der Waals surface area contributed by atoms with E-state index in [1.54, 1.807) is 31.3 Å². The fourth-order valence-electron chi connectivity index (χ4n) is 1.18. The van der Waals surface area contributed by atoms with Crippen LogP contribution in [0.3, 0.4) is 0 Å². The number of aromatic hydroxyl groups is 1. The maximum atomic E-state index is 10.7. The Morgan fingerprint density at radius 1 is 1.31 bits per heavy atom. The monoisotopic (exact) mass is 225 g/mol. The summed E-state index contributed by atoms with van der Waals surface area (Å²) in [6.45, 7) is 4.00. The van der Waals surface area contributed by atoms with Gasteiger partial charge in [-0.25, -0.2) is 0 Å². The lowest BCUT2D eigenvalue weighted by molar-refractivity contribution is -0.139. The van der Waals surface area contributed by atoms with E-state index in [0.29, 0.717) is 6.42 Å². The molecule has 1 atom stereocenters. The molecule has 90 valence electrons. The summed E-state index contributed by atoms with van der Waals surface area (Å²) in [6.07, 6.45) is 0.409. The second-order valence-corrected chi connectivity index (χ2v) is 3.05. The zero-order chi connectivity index (χ0) is 12.6. The molecular weight excluding hydrogens is 206 g/mol. The fourth-order valence-corrected chi connectivity index (χ4v) is 1.18. The lowest BCUT2D eigenvalue weighted by Crippen LogP contribution is -2.35. The van der Waals surface area contributed by atoms with Crippen LogP contribution in [0.1, 0.15) is 19.4 Å². The summed E-state index contributed by atoms with van der Waals surface area (Å²) in [4.78, 5) is 10.7. The van der Waals surface area contributed by atoms with Crippen LogP contribution >= 0.6 is 0 Å². The predicted octanol–water partition coefficient (Wildman–Crippen LogP) is 1.63. The summed E-state index contributed by atoms with van der Waals surface area (Å²) in [6, 6.07) is 5.93. The average Bonchev–Trinajstić information content (AvgIpc) is 2.30. The molecule has 0 fully saturated rings. The number of carboxylic acids is 1. The molecule has 0 spiro atoms. The number of benzene rings is 1. The standard InChI is InChI=1S/C10H13NO3.C2H6/c1-11-9(10(13)14)6-7-2-4-8(12)5-3-7;1-2/h2-5,9,11-12H,6H2,1H3,(H,13,14);1-2H3/t9-;/m0./s1. The molecule has 3 N–H and O–H groups in total. The third kappa shape index (κ3) is 4.79. The van der Waals surface area contributed by atoms with Gasteiger partial charge in [-0.15, -0.1) is 0 Å². The maximum absolute atomic E-state index is 10.7. The minimum absolute atomic E-state index is 0.185. The van der Waals surface area contributed by atoms with Gasteiger partial charge in [0.1, 0.15) is 11.8 Å². The average molecular weight is 225 g/mol. The summed E-state index contributed by atoms with van der Waals surface area (Å²) < 4.78 is 0. The molecule has 0 bridgehead atoms. The number of phenols is 1. The molecule has 1 aromatic rings. The Balaban J connectivity index is 0.00000106. The molecule has 0 aliphatic heterocycles. The van der Waals surface area contributed by atoms with E-state index in [9.17, 15) is 4.79 Å². The van der Waals surface area contributed by atoms with Gasteiger partial charge < -0.3 is 15.5 Å². The second-order valence-electron chi connectivity index (χ2n) is 3.05. The predicted molar refractivity (Wildman–Crippen MR) is 63.6 cm³/mol. The van der Waals surface area contributed by atoms with Crippen LogP contribution in [-0.4, -0.2) is 29.3 Å². The molecule has 4 nitrogen and oxygen atoms in total. The molecule has 1 rings (SSSR count). The summed E-state index contributed by atoms with van der Waals surface area (Å²) in [7, 11) is 1.61. The number of carboxylic acid groups (broad SMARTS) is 1. The SMILES string of the molecule is CC.CN[C@@H](Cc1ccc(O)cc1)C(=O)O. The van der Waals surface area contributed by atoms with Gasteiger partial charge in [-0.2, -0.15) is 0 Å². The van der Waals surface area contributed by atoms with E-state index < -0.39 is 12.0 Å². The number of hydrogen-bond acceptors (Lipinski definition) is 3. The quantitative estimate of drug-likeness (QED) is 0.728. The van der Waals surface area contributed by atoms with Gasteiger partial charge in [-0.3, -0.25) is 4.79 Å². The first-order chi connectivity index (χ1) is 7.63. The van der Waals surface area contributed by atoms with Gasteiger partial charge in [-0.05, 0) is 31.2 Å². The summed E-state index contributed by atoms with van der Waals surface area (Å²) in [5, 5.41) is 20.5. The number of carbonyl (C=O) groups is 1. The molecular formula is C12H19NO3.